The molecule has 0 amide bonds. The second-order valence-electron chi connectivity index (χ2n) is 5.39. The average Bonchev–Trinajstić information content (AvgIpc) is 2.76. The predicted molar refractivity (Wildman–Crippen MR) is 74.2 cm³/mol. The average molecular weight is 286 g/mol. The SMILES string of the molecule is CC(O)c1cccn1CC1CCCN(S(C)(=O)=O)C1. The fourth-order valence-electron chi connectivity index (χ4n) is 2.73. The summed E-state index contributed by atoms with van der Waals surface area (Å²) in [5.41, 5.74) is 0.886. The maximum absolute atomic E-state index is 11.6. The summed E-state index contributed by atoms with van der Waals surface area (Å²) < 4.78 is 26.8. The molecular weight excluding hydrogens is 264 g/mol. The Labute approximate surface area is 114 Å². The highest BCUT2D eigenvalue weighted by Crippen LogP contribution is 2.22. The molecule has 2 heterocycles. The molecule has 0 aliphatic carbocycles. The Morgan fingerprint density at radius 2 is 2.26 bits per heavy atom. The van der Waals surface area contributed by atoms with Crippen LogP contribution in [0.3, 0.4) is 0 Å². The van der Waals surface area contributed by atoms with Crippen LogP contribution in [-0.2, 0) is 16.6 Å². The number of hydrogen-bond acceptors (Lipinski definition) is 3. The van der Waals surface area contributed by atoms with E-state index in [4.69, 9.17) is 0 Å². The zero-order valence-corrected chi connectivity index (χ0v) is 12.3. The Bertz CT molecular complexity index is 522. The topological polar surface area (TPSA) is 62.5 Å². The van der Waals surface area contributed by atoms with Gasteiger partial charge in [-0.15, -0.1) is 0 Å². The van der Waals surface area contributed by atoms with Crippen molar-refractivity contribution in [3.63, 3.8) is 0 Å². The fraction of sp³-hybridized carbons (Fsp3) is 0.692. The summed E-state index contributed by atoms with van der Waals surface area (Å²) in [4.78, 5) is 0. The van der Waals surface area contributed by atoms with E-state index in [0.29, 0.717) is 19.0 Å². The van der Waals surface area contributed by atoms with Crippen molar-refractivity contribution in [3.05, 3.63) is 24.0 Å². The first-order valence-electron chi connectivity index (χ1n) is 6.66. The number of aromatic nitrogens is 1. The third-order valence-electron chi connectivity index (χ3n) is 3.70. The van der Waals surface area contributed by atoms with Crippen molar-refractivity contribution < 1.29 is 13.5 Å². The van der Waals surface area contributed by atoms with Crippen LogP contribution in [0.15, 0.2) is 18.3 Å². The van der Waals surface area contributed by atoms with Gasteiger partial charge in [-0.3, -0.25) is 0 Å². The quantitative estimate of drug-likeness (QED) is 0.905. The summed E-state index contributed by atoms with van der Waals surface area (Å²) >= 11 is 0. The van der Waals surface area contributed by atoms with Crippen molar-refractivity contribution in [2.75, 3.05) is 19.3 Å². The Morgan fingerprint density at radius 3 is 2.89 bits per heavy atom. The van der Waals surface area contributed by atoms with Gasteiger partial charge in [0.2, 0.25) is 10.0 Å². The van der Waals surface area contributed by atoms with Crippen molar-refractivity contribution in [1.29, 1.82) is 0 Å². The van der Waals surface area contributed by atoms with E-state index < -0.39 is 16.1 Å². The molecule has 2 rings (SSSR count). The van der Waals surface area contributed by atoms with Crippen LogP contribution in [0.2, 0.25) is 0 Å². The minimum atomic E-state index is -3.09. The maximum atomic E-state index is 11.6. The van der Waals surface area contributed by atoms with Gasteiger partial charge in [0.1, 0.15) is 0 Å². The normalized spacial score (nSPS) is 23.4. The van der Waals surface area contributed by atoms with Crippen molar-refractivity contribution >= 4 is 10.0 Å². The summed E-state index contributed by atoms with van der Waals surface area (Å²) in [6, 6.07) is 3.82. The molecule has 2 unspecified atom stereocenters. The lowest BCUT2D eigenvalue weighted by Gasteiger charge is -2.31. The number of nitrogens with zero attached hydrogens (tertiary/aromatic N) is 2. The van der Waals surface area contributed by atoms with Crippen LogP contribution in [0.4, 0.5) is 0 Å². The first kappa shape index (κ1) is 14.6. The van der Waals surface area contributed by atoms with E-state index >= 15 is 0 Å². The molecule has 1 aliphatic rings. The van der Waals surface area contributed by atoms with Gasteiger partial charge in [0.05, 0.1) is 12.4 Å². The van der Waals surface area contributed by atoms with Gasteiger partial charge in [-0.05, 0) is 37.8 Å². The number of hydrogen-bond donors (Lipinski definition) is 1. The van der Waals surface area contributed by atoms with Crippen molar-refractivity contribution in [2.24, 2.45) is 5.92 Å². The lowest BCUT2D eigenvalue weighted by Crippen LogP contribution is -2.40. The lowest BCUT2D eigenvalue weighted by atomic mass is 9.99. The van der Waals surface area contributed by atoms with Gasteiger partial charge in [0, 0.05) is 31.5 Å². The Hall–Kier alpha value is -0.850. The Morgan fingerprint density at radius 1 is 1.53 bits per heavy atom. The first-order chi connectivity index (χ1) is 8.88. The van der Waals surface area contributed by atoms with E-state index in [9.17, 15) is 13.5 Å². The molecule has 0 radical (unpaired) electrons. The molecule has 1 aliphatic heterocycles. The fourth-order valence-corrected chi connectivity index (χ4v) is 3.67. The van der Waals surface area contributed by atoms with Crippen LogP contribution < -0.4 is 0 Å². The van der Waals surface area contributed by atoms with Crippen molar-refractivity contribution in [1.82, 2.24) is 8.87 Å². The maximum Gasteiger partial charge on any atom is 0.211 e. The predicted octanol–water partition coefficient (Wildman–Crippen LogP) is 1.21. The smallest absolute Gasteiger partial charge is 0.211 e. The molecule has 1 N–H and O–H groups in total. The van der Waals surface area contributed by atoms with Crippen molar-refractivity contribution in [2.45, 2.75) is 32.4 Å². The van der Waals surface area contributed by atoms with Crippen LogP contribution in [0, 0.1) is 5.92 Å². The molecule has 5 nitrogen and oxygen atoms in total. The van der Waals surface area contributed by atoms with Crippen LogP contribution in [0.5, 0.6) is 0 Å². The summed E-state index contributed by atoms with van der Waals surface area (Å²) in [7, 11) is -3.09. The van der Waals surface area contributed by atoms with Crippen LogP contribution >= 0.6 is 0 Å². The minimum absolute atomic E-state index is 0.313. The summed E-state index contributed by atoms with van der Waals surface area (Å²) in [6.07, 6.45) is 4.66. The van der Waals surface area contributed by atoms with Gasteiger partial charge in [-0.2, -0.15) is 0 Å². The van der Waals surface area contributed by atoms with Gasteiger partial charge in [-0.1, -0.05) is 0 Å². The van der Waals surface area contributed by atoms with Gasteiger partial charge < -0.3 is 9.67 Å². The van der Waals surface area contributed by atoms with Gasteiger partial charge in [0.15, 0.2) is 0 Å². The number of aliphatic hydroxyl groups excluding tert-OH is 1. The molecular formula is C13H22N2O3S. The molecule has 1 aromatic heterocycles. The molecule has 19 heavy (non-hydrogen) atoms. The monoisotopic (exact) mass is 286 g/mol. The molecule has 1 fully saturated rings. The standard InChI is InChI=1S/C13H22N2O3S/c1-11(16)13-6-4-7-14(13)9-12-5-3-8-15(10-12)19(2,17)18/h4,6-7,11-12,16H,3,5,8-10H2,1-2H3. The summed E-state index contributed by atoms with van der Waals surface area (Å²) in [5, 5.41) is 9.68. The zero-order chi connectivity index (χ0) is 14.0. The zero-order valence-electron chi connectivity index (χ0n) is 11.5. The highest BCUT2D eigenvalue weighted by Gasteiger charge is 2.26. The number of rotatable bonds is 4. The van der Waals surface area contributed by atoms with E-state index in [1.54, 1.807) is 11.2 Å². The molecule has 0 spiro atoms. The number of sulfonamides is 1. The highest BCUT2D eigenvalue weighted by atomic mass is 32.2. The third kappa shape index (κ3) is 3.58. The van der Waals surface area contributed by atoms with Gasteiger partial charge in [-0.25, -0.2) is 12.7 Å². The second kappa shape index (κ2) is 5.64. The highest BCUT2D eigenvalue weighted by molar-refractivity contribution is 7.88. The van der Waals surface area contributed by atoms with E-state index in [2.05, 4.69) is 0 Å². The van der Waals surface area contributed by atoms with Crippen molar-refractivity contribution in [3.8, 4) is 0 Å². The summed E-state index contributed by atoms with van der Waals surface area (Å²) in [5.74, 6) is 0.313. The van der Waals surface area contributed by atoms with Crippen LogP contribution in [-0.4, -0.2) is 41.7 Å². The van der Waals surface area contributed by atoms with E-state index in [-0.39, 0.29) is 0 Å². The molecule has 1 aromatic rings. The van der Waals surface area contributed by atoms with Crippen LogP contribution in [0.1, 0.15) is 31.6 Å². The van der Waals surface area contributed by atoms with Gasteiger partial charge in [0.25, 0.3) is 0 Å². The Balaban J connectivity index is 2.05. The van der Waals surface area contributed by atoms with Crippen LogP contribution in [0.25, 0.3) is 0 Å². The van der Waals surface area contributed by atoms with Gasteiger partial charge >= 0.3 is 0 Å². The van der Waals surface area contributed by atoms with E-state index in [1.807, 2.05) is 22.9 Å². The Kier molecular flexibility index (Phi) is 4.32. The van der Waals surface area contributed by atoms with E-state index in [1.165, 1.54) is 6.26 Å². The molecule has 0 bridgehead atoms. The number of piperidine rings is 1. The minimum Gasteiger partial charge on any atom is -0.387 e. The van der Waals surface area contributed by atoms with E-state index in [0.717, 1.165) is 25.1 Å². The lowest BCUT2D eigenvalue weighted by molar-refractivity contribution is 0.182. The molecule has 1 saturated heterocycles. The third-order valence-corrected chi connectivity index (χ3v) is 4.97. The second-order valence-corrected chi connectivity index (χ2v) is 7.37. The molecule has 2 atom stereocenters. The molecule has 0 saturated carbocycles. The molecule has 108 valence electrons. The molecule has 6 heteroatoms. The first-order valence-corrected chi connectivity index (χ1v) is 8.51. The summed E-state index contributed by atoms with van der Waals surface area (Å²) in [6.45, 7) is 3.72. The number of aliphatic hydroxyl groups is 1. The molecule has 0 aromatic carbocycles. The largest absolute Gasteiger partial charge is 0.387 e.